The number of methoxy groups -OCH3 is 1. The number of ether oxygens (including phenoxy) is 1. The van der Waals surface area contributed by atoms with Crippen molar-refractivity contribution in [2.24, 2.45) is 0 Å². The summed E-state index contributed by atoms with van der Waals surface area (Å²) in [6, 6.07) is 0.656. The van der Waals surface area contributed by atoms with Crippen LogP contribution in [0.25, 0.3) is 0 Å². The van der Waals surface area contributed by atoms with Gasteiger partial charge in [0.1, 0.15) is 0 Å². The summed E-state index contributed by atoms with van der Waals surface area (Å²) in [6.45, 7) is 7.00. The number of rotatable bonds is 7. The van der Waals surface area contributed by atoms with Gasteiger partial charge >= 0.3 is 6.01 Å². The zero-order chi connectivity index (χ0) is 12.7. The molecule has 0 aliphatic heterocycles. The number of nitrogens with one attached hydrogen (secondary N) is 2. The maximum absolute atomic E-state index is 5.04. The average molecular weight is 239 g/mol. The first-order valence-electron chi connectivity index (χ1n) is 6.00. The summed E-state index contributed by atoms with van der Waals surface area (Å²) in [5.41, 5.74) is 0. The summed E-state index contributed by atoms with van der Waals surface area (Å²) < 4.78 is 5.04. The minimum Gasteiger partial charge on any atom is -0.467 e. The monoisotopic (exact) mass is 239 g/mol. The minimum absolute atomic E-state index is 0.321. The fraction of sp³-hybridized carbons (Fsp3) is 0.727. The van der Waals surface area contributed by atoms with E-state index in [0.29, 0.717) is 23.9 Å². The average Bonchev–Trinajstić information content (AvgIpc) is 2.29. The Bertz CT molecular complexity index is 345. The van der Waals surface area contributed by atoms with E-state index in [0.717, 1.165) is 19.4 Å². The highest BCUT2D eigenvalue weighted by Crippen LogP contribution is 2.12. The number of nitrogens with zero attached hydrogens (tertiary/aromatic N) is 3. The lowest BCUT2D eigenvalue weighted by Gasteiger charge is -2.13. The van der Waals surface area contributed by atoms with Gasteiger partial charge in [-0.3, -0.25) is 0 Å². The van der Waals surface area contributed by atoms with Crippen molar-refractivity contribution in [3.63, 3.8) is 0 Å². The molecule has 0 bridgehead atoms. The first kappa shape index (κ1) is 13.5. The molecular weight excluding hydrogens is 218 g/mol. The molecule has 0 saturated heterocycles. The fourth-order valence-electron chi connectivity index (χ4n) is 1.48. The molecule has 1 aromatic heterocycles. The maximum Gasteiger partial charge on any atom is 0.322 e. The van der Waals surface area contributed by atoms with E-state index in [2.05, 4.69) is 39.4 Å². The highest BCUT2D eigenvalue weighted by molar-refractivity contribution is 5.36. The molecule has 1 atom stereocenters. The van der Waals surface area contributed by atoms with Crippen LogP contribution in [0.2, 0.25) is 0 Å². The molecule has 17 heavy (non-hydrogen) atoms. The molecule has 96 valence electrons. The summed E-state index contributed by atoms with van der Waals surface area (Å²) in [6.07, 6.45) is 2.20. The molecule has 0 radical (unpaired) electrons. The number of aromatic nitrogens is 3. The Balaban J connectivity index is 2.79. The maximum atomic E-state index is 5.04. The van der Waals surface area contributed by atoms with Crippen LogP contribution in [0, 0.1) is 0 Å². The van der Waals surface area contributed by atoms with Crippen LogP contribution in [0.4, 0.5) is 11.9 Å². The smallest absolute Gasteiger partial charge is 0.322 e. The molecule has 0 amide bonds. The Morgan fingerprint density at radius 3 is 2.47 bits per heavy atom. The van der Waals surface area contributed by atoms with Crippen LogP contribution < -0.4 is 15.4 Å². The molecule has 6 nitrogen and oxygen atoms in total. The minimum atomic E-state index is 0.321. The Kier molecular flexibility index (Phi) is 5.45. The summed E-state index contributed by atoms with van der Waals surface area (Å²) in [5.74, 6) is 1.08. The lowest BCUT2D eigenvalue weighted by atomic mass is 10.2. The van der Waals surface area contributed by atoms with E-state index in [9.17, 15) is 0 Å². The fourth-order valence-corrected chi connectivity index (χ4v) is 1.48. The summed E-state index contributed by atoms with van der Waals surface area (Å²) in [4.78, 5) is 12.5. The Morgan fingerprint density at radius 2 is 1.88 bits per heavy atom. The van der Waals surface area contributed by atoms with Gasteiger partial charge in [-0.1, -0.05) is 13.3 Å². The standard InChI is InChI=1S/C11H21N5O/c1-5-7-8(3)13-10-14-9(12-6-2)15-11(16-10)17-4/h8H,5-7H2,1-4H3,(H2,12,13,14,15,16). The highest BCUT2D eigenvalue weighted by atomic mass is 16.5. The number of anilines is 2. The molecule has 0 saturated carbocycles. The molecule has 0 aliphatic rings. The zero-order valence-corrected chi connectivity index (χ0v) is 10.9. The molecule has 6 heteroatoms. The molecule has 0 spiro atoms. The van der Waals surface area contributed by atoms with Crippen molar-refractivity contribution in [3.8, 4) is 6.01 Å². The number of hydrogen-bond acceptors (Lipinski definition) is 6. The summed E-state index contributed by atoms with van der Waals surface area (Å²) in [7, 11) is 1.55. The van der Waals surface area contributed by atoms with Crippen LogP contribution in [0.15, 0.2) is 0 Å². The van der Waals surface area contributed by atoms with Gasteiger partial charge in [0.15, 0.2) is 0 Å². The quantitative estimate of drug-likeness (QED) is 0.757. The topological polar surface area (TPSA) is 72.0 Å². The van der Waals surface area contributed by atoms with Gasteiger partial charge in [0, 0.05) is 12.6 Å². The van der Waals surface area contributed by atoms with E-state index in [-0.39, 0.29) is 0 Å². The number of hydrogen-bond donors (Lipinski definition) is 2. The van der Waals surface area contributed by atoms with Crippen LogP contribution in [0.5, 0.6) is 6.01 Å². The molecular formula is C11H21N5O. The Hall–Kier alpha value is -1.59. The SMILES string of the molecule is CCCC(C)Nc1nc(NCC)nc(OC)n1. The predicted octanol–water partition coefficient (Wildman–Crippen LogP) is 1.91. The van der Waals surface area contributed by atoms with E-state index < -0.39 is 0 Å². The molecule has 1 heterocycles. The van der Waals surface area contributed by atoms with Crippen LogP contribution >= 0.6 is 0 Å². The van der Waals surface area contributed by atoms with Crippen LogP contribution in [-0.4, -0.2) is 34.6 Å². The van der Waals surface area contributed by atoms with E-state index in [1.165, 1.54) is 0 Å². The summed E-state index contributed by atoms with van der Waals surface area (Å²) >= 11 is 0. The second-order valence-corrected chi connectivity index (χ2v) is 3.83. The molecule has 0 aliphatic carbocycles. The van der Waals surface area contributed by atoms with Crippen molar-refractivity contribution >= 4 is 11.9 Å². The van der Waals surface area contributed by atoms with Gasteiger partial charge in [-0.05, 0) is 20.3 Å². The lowest BCUT2D eigenvalue weighted by molar-refractivity contribution is 0.379. The highest BCUT2D eigenvalue weighted by Gasteiger charge is 2.08. The lowest BCUT2D eigenvalue weighted by Crippen LogP contribution is -2.18. The third-order valence-corrected chi connectivity index (χ3v) is 2.23. The van der Waals surface area contributed by atoms with E-state index in [4.69, 9.17) is 4.74 Å². The molecule has 1 unspecified atom stereocenters. The van der Waals surface area contributed by atoms with Gasteiger partial charge in [-0.25, -0.2) is 0 Å². The van der Waals surface area contributed by atoms with Gasteiger partial charge in [0.05, 0.1) is 7.11 Å². The third-order valence-electron chi connectivity index (χ3n) is 2.23. The van der Waals surface area contributed by atoms with Gasteiger partial charge in [-0.2, -0.15) is 15.0 Å². The largest absolute Gasteiger partial charge is 0.467 e. The van der Waals surface area contributed by atoms with Crippen LogP contribution in [-0.2, 0) is 0 Å². The van der Waals surface area contributed by atoms with Gasteiger partial charge in [0.25, 0.3) is 0 Å². The van der Waals surface area contributed by atoms with Crippen molar-refractivity contribution in [2.45, 2.75) is 39.7 Å². The molecule has 2 N–H and O–H groups in total. The van der Waals surface area contributed by atoms with Crippen molar-refractivity contribution < 1.29 is 4.74 Å². The first-order valence-corrected chi connectivity index (χ1v) is 6.00. The van der Waals surface area contributed by atoms with Crippen molar-refractivity contribution in [1.29, 1.82) is 0 Å². The van der Waals surface area contributed by atoms with Gasteiger partial charge in [0.2, 0.25) is 11.9 Å². The summed E-state index contributed by atoms with van der Waals surface area (Å²) in [5, 5.41) is 6.28. The van der Waals surface area contributed by atoms with Crippen molar-refractivity contribution in [2.75, 3.05) is 24.3 Å². The molecule has 0 aromatic carbocycles. The second-order valence-electron chi connectivity index (χ2n) is 3.83. The Labute approximate surface area is 102 Å². The van der Waals surface area contributed by atoms with E-state index >= 15 is 0 Å². The first-order chi connectivity index (χ1) is 8.19. The van der Waals surface area contributed by atoms with E-state index in [1.807, 2.05) is 6.92 Å². The normalized spacial score (nSPS) is 12.0. The van der Waals surface area contributed by atoms with Crippen LogP contribution in [0.1, 0.15) is 33.6 Å². The second kappa shape index (κ2) is 6.88. The Morgan fingerprint density at radius 1 is 1.18 bits per heavy atom. The third kappa shape index (κ3) is 4.42. The van der Waals surface area contributed by atoms with Gasteiger partial charge in [-0.15, -0.1) is 0 Å². The molecule has 1 rings (SSSR count). The van der Waals surface area contributed by atoms with Crippen molar-refractivity contribution in [1.82, 2.24) is 15.0 Å². The van der Waals surface area contributed by atoms with Crippen LogP contribution in [0.3, 0.4) is 0 Å². The zero-order valence-electron chi connectivity index (χ0n) is 10.9. The van der Waals surface area contributed by atoms with Gasteiger partial charge < -0.3 is 15.4 Å². The molecule has 1 aromatic rings. The molecule has 0 fully saturated rings. The van der Waals surface area contributed by atoms with Crippen molar-refractivity contribution in [3.05, 3.63) is 0 Å². The van der Waals surface area contributed by atoms with E-state index in [1.54, 1.807) is 7.11 Å². The predicted molar refractivity (Wildman–Crippen MR) is 68.5 cm³/mol.